The Morgan fingerprint density at radius 3 is 2.46 bits per heavy atom. The Balaban J connectivity index is 1.92. The topological polar surface area (TPSA) is 56.7 Å². The predicted octanol–water partition coefficient (Wildman–Crippen LogP) is 3.86. The first-order chi connectivity index (χ1) is 11.7. The zero-order valence-electron chi connectivity index (χ0n) is 14.0. The fraction of sp³-hybridized carbons (Fsp3) is 0.200. The summed E-state index contributed by atoms with van der Waals surface area (Å²) in [5, 5.41) is 6.84. The molecule has 2 heterocycles. The van der Waals surface area contributed by atoms with Crippen LogP contribution in [0.4, 0.5) is 5.82 Å². The highest BCUT2D eigenvalue weighted by Crippen LogP contribution is 2.31. The maximum atomic E-state index is 6.15. The number of hydrogen-bond acceptors (Lipinski definition) is 3. The lowest BCUT2D eigenvalue weighted by Crippen LogP contribution is -1.99. The molecule has 24 heavy (non-hydrogen) atoms. The third-order valence-electron chi connectivity index (χ3n) is 4.63. The molecule has 4 rings (SSSR count). The Bertz CT molecular complexity index is 1030. The second-order valence-electron chi connectivity index (χ2n) is 6.15. The molecule has 0 spiro atoms. The molecular formula is C20H20N4. The van der Waals surface area contributed by atoms with Gasteiger partial charge in [-0.25, -0.2) is 4.98 Å². The van der Waals surface area contributed by atoms with Crippen molar-refractivity contribution in [3.8, 4) is 0 Å². The first-order valence-corrected chi connectivity index (χ1v) is 8.25. The number of anilines is 1. The van der Waals surface area contributed by atoms with Crippen molar-refractivity contribution in [2.45, 2.75) is 19.8 Å². The molecule has 0 aliphatic carbocycles. The van der Waals surface area contributed by atoms with E-state index in [-0.39, 0.29) is 0 Å². The molecule has 0 fully saturated rings. The summed E-state index contributed by atoms with van der Waals surface area (Å²) in [4.78, 5) is 4.49. The van der Waals surface area contributed by atoms with Gasteiger partial charge in [0, 0.05) is 24.2 Å². The van der Waals surface area contributed by atoms with Crippen molar-refractivity contribution < 1.29 is 0 Å². The van der Waals surface area contributed by atoms with Crippen LogP contribution < -0.4 is 5.73 Å². The number of benzene rings is 2. The average Bonchev–Trinajstić information content (AvgIpc) is 2.93. The number of nitrogens with two attached hydrogens (primary N) is 1. The number of para-hydroxylation sites is 1. The van der Waals surface area contributed by atoms with E-state index in [2.05, 4.69) is 47.3 Å². The van der Waals surface area contributed by atoms with Gasteiger partial charge >= 0.3 is 0 Å². The molecule has 0 saturated heterocycles. The predicted molar refractivity (Wildman–Crippen MR) is 99.1 cm³/mol. The van der Waals surface area contributed by atoms with Gasteiger partial charge < -0.3 is 5.73 Å². The number of nitrogen functional groups attached to an aromatic ring is 1. The molecule has 4 aromatic rings. The second-order valence-corrected chi connectivity index (χ2v) is 6.15. The summed E-state index contributed by atoms with van der Waals surface area (Å²) < 4.78 is 1.93. The highest BCUT2D eigenvalue weighted by molar-refractivity contribution is 6.09. The molecule has 0 aliphatic rings. The van der Waals surface area contributed by atoms with Gasteiger partial charge in [0.15, 0.2) is 5.82 Å². The number of nitrogens with zero attached hydrogens (tertiary/aromatic N) is 3. The van der Waals surface area contributed by atoms with E-state index in [1.54, 1.807) is 0 Å². The molecule has 0 aliphatic heterocycles. The molecular weight excluding hydrogens is 296 g/mol. The summed E-state index contributed by atoms with van der Waals surface area (Å²) >= 11 is 0. The lowest BCUT2D eigenvalue weighted by Gasteiger charge is -2.06. The van der Waals surface area contributed by atoms with Crippen molar-refractivity contribution in [1.82, 2.24) is 14.8 Å². The number of aryl methyl sites for hydroxylation is 2. The summed E-state index contributed by atoms with van der Waals surface area (Å²) in [6, 6.07) is 16.9. The fourth-order valence-electron chi connectivity index (χ4n) is 3.28. The normalized spacial score (nSPS) is 11.4. The Kier molecular flexibility index (Phi) is 3.45. The largest absolute Gasteiger partial charge is 0.382 e. The summed E-state index contributed by atoms with van der Waals surface area (Å²) in [5.74, 6) is 0.492. The minimum Gasteiger partial charge on any atom is -0.382 e. The van der Waals surface area contributed by atoms with Crippen molar-refractivity contribution in [1.29, 1.82) is 0 Å². The number of rotatable bonds is 3. The molecule has 0 bridgehead atoms. The summed E-state index contributed by atoms with van der Waals surface area (Å²) in [7, 11) is 1.98. The quantitative estimate of drug-likeness (QED) is 0.624. The third kappa shape index (κ3) is 2.31. The minimum absolute atomic E-state index is 0.492. The zero-order chi connectivity index (χ0) is 16.7. The molecule has 0 amide bonds. The Morgan fingerprint density at radius 2 is 1.71 bits per heavy atom. The fourth-order valence-corrected chi connectivity index (χ4v) is 3.28. The van der Waals surface area contributed by atoms with Gasteiger partial charge in [0.2, 0.25) is 0 Å². The van der Waals surface area contributed by atoms with E-state index in [1.807, 2.05) is 29.9 Å². The van der Waals surface area contributed by atoms with E-state index >= 15 is 0 Å². The number of pyridine rings is 1. The van der Waals surface area contributed by atoms with Crippen molar-refractivity contribution in [3.05, 3.63) is 65.4 Å². The first kappa shape index (κ1) is 14.7. The van der Waals surface area contributed by atoms with Gasteiger partial charge in [-0.2, -0.15) is 5.10 Å². The van der Waals surface area contributed by atoms with E-state index < -0.39 is 0 Å². The van der Waals surface area contributed by atoms with Crippen LogP contribution in [0.1, 0.15) is 23.7 Å². The average molecular weight is 316 g/mol. The van der Waals surface area contributed by atoms with E-state index in [1.165, 1.54) is 16.8 Å². The van der Waals surface area contributed by atoms with Crippen LogP contribution >= 0.6 is 0 Å². The Labute approximate surface area is 140 Å². The zero-order valence-corrected chi connectivity index (χ0v) is 14.0. The second kappa shape index (κ2) is 5.64. The molecule has 2 N–H and O–H groups in total. The smallest absolute Gasteiger partial charge is 0.152 e. The van der Waals surface area contributed by atoms with Crippen LogP contribution in [0.3, 0.4) is 0 Å². The molecule has 2 aromatic heterocycles. The molecule has 0 unspecified atom stereocenters. The van der Waals surface area contributed by atoms with Gasteiger partial charge in [-0.05, 0) is 23.6 Å². The van der Waals surface area contributed by atoms with Crippen molar-refractivity contribution >= 4 is 27.6 Å². The van der Waals surface area contributed by atoms with Gasteiger partial charge in [-0.1, -0.05) is 49.4 Å². The maximum absolute atomic E-state index is 6.15. The molecule has 0 radical (unpaired) electrons. The first-order valence-electron chi connectivity index (χ1n) is 8.25. The lowest BCUT2D eigenvalue weighted by atomic mass is 10.0. The standard InChI is InChI=1S/C20H20N4/c1-3-13-8-10-14(11-9-13)12-17-18-15-6-4-5-7-16(15)22-20(21)19(18)23-24(17)2/h4-11H,3,12H2,1-2H3,(H2,21,22). The van der Waals surface area contributed by atoms with Crippen LogP contribution in [-0.2, 0) is 19.9 Å². The van der Waals surface area contributed by atoms with Crippen molar-refractivity contribution in [2.75, 3.05) is 5.73 Å². The maximum Gasteiger partial charge on any atom is 0.152 e. The Morgan fingerprint density at radius 1 is 1.00 bits per heavy atom. The van der Waals surface area contributed by atoms with Gasteiger partial charge in [0.25, 0.3) is 0 Å². The highest BCUT2D eigenvalue weighted by Gasteiger charge is 2.16. The molecule has 0 atom stereocenters. The highest BCUT2D eigenvalue weighted by atomic mass is 15.3. The van der Waals surface area contributed by atoms with Crippen LogP contribution in [-0.4, -0.2) is 14.8 Å². The van der Waals surface area contributed by atoms with Crippen molar-refractivity contribution in [2.24, 2.45) is 7.05 Å². The van der Waals surface area contributed by atoms with E-state index in [0.29, 0.717) is 5.82 Å². The van der Waals surface area contributed by atoms with Crippen LogP contribution in [0.2, 0.25) is 0 Å². The van der Waals surface area contributed by atoms with Gasteiger partial charge in [-0.15, -0.1) is 0 Å². The Hall–Kier alpha value is -2.88. The van der Waals surface area contributed by atoms with Crippen LogP contribution in [0.5, 0.6) is 0 Å². The van der Waals surface area contributed by atoms with Crippen LogP contribution in [0.15, 0.2) is 48.5 Å². The molecule has 4 nitrogen and oxygen atoms in total. The monoisotopic (exact) mass is 316 g/mol. The van der Waals surface area contributed by atoms with Gasteiger partial charge in [0.1, 0.15) is 5.52 Å². The summed E-state index contributed by atoms with van der Waals surface area (Å²) in [5.41, 5.74) is 11.6. The lowest BCUT2D eigenvalue weighted by molar-refractivity contribution is 0.734. The van der Waals surface area contributed by atoms with Crippen molar-refractivity contribution in [3.63, 3.8) is 0 Å². The molecule has 120 valence electrons. The summed E-state index contributed by atoms with van der Waals surface area (Å²) in [6.45, 7) is 2.17. The van der Waals surface area contributed by atoms with E-state index in [4.69, 9.17) is 5.73 Å². The number of fused-ring (bicyclic) bond motifs is 3. The minimum atomic E-state index is 0.492. The summed E-state index contributed by atoms with van der Waals surface area (Å²) in [6.07, 6.45) is 1.88. The van der Waals surface area contributed by atoms with E-state index in [9.17, 15) is 0 Å². The van der Waals surface area contributed by atoms with Crippen LogP contribution in [0.25, 0.3) is 21.8 Å². The number of hydrogen-bond donors (Lipinski definition) is 1. The SMILES string of the molecule is CCc1ccc(Cc2c3c(nn2C)c(N)nc2ccccc23)cc1. The van der Waals surface area contributed by atoms with E-state index in [0.717, 1.165) is 34.6 Å². The van der Waals surface area contributed by atoms with Gasteiger partial charge in [0.05, 0.1) is 11.2 Å². The molecule has 2 aromatic carbocycles. The van der Waals surface area contributed by atoms with Gasteiger partial charge in [-0.3, -0.25) is 4.68 Å². The number of aromatic nitrogens is 3. The van der Waals surface area contributed by atoms with Crippen LogP contribution in [0, 0.1) is 0 Å². The third-order valence-corrected chi connectivity index (χ3v) is 4.63. The molecule has 4 heteroatoms. The molecule has 0 saturated carbocycles.